The molecule has 6 heteroatoms. The Morgan fingerprint density at radius 1 is 1.40 bits per heavy atom. The van der Waals surface area contributed by atoms with Gasteiger partial charge in [0.25, 0.3) is 0 Å². The van der Waals surface area contributed by atoms with E-state index < -0.39 is 11.7 Å². The number of alkyl halides is 3. The van der Waals surface area contributed by atoms with Gasteiger partial charge in [0.1, 0.15) is 5.75 Å². The third-order valence-electron chi connectivity index (χ3n) is 1.87. The van der Waals surface area contributed by atoms with Crippen LogP contribution in [0.4, 0.5) is 13.2 Å². The first kappa shape index (κ1) is 12.1. The van der Waals surface area contributed by atoms with Crippen LogP contribution in [0.2, 0.25) is 5.02 Å². The van der Waals surface area contributed by atoms with Gasteiger partial charge in [0.15, 0.2) is 0 Å². The molecular formula is C9H9ClF3NO. The first-order valence-electron chi connectivity index (χ1n) is 4.03. The quantitative estimate of drug-likeness (QED) is 0.861. The van der Waals surface area contributed by atoms with Crippen molar-refractivity contribution in [3.05, 3.63) is 28.3 Å². The third-order valence-corrected chi connectivity index (χ3v) is 2.15. The topological polar surface area (TPSA) is 35.2 Å². The van der Waals surface area contributed by atoms with E-state index in [4.69, 9.17) is 22.1 Å². The largest absolute Gasteiger partial charge is 0.495 e. The molecule has 0 atom stereocenters. The fraction of sp³-hybridized carbons (Fsp3) is 0.333. The summed E-state index contributed by atoms with van der Waals surface area (Å²) in [6, 6.07) is 1.75. The smallest absolute Gasteiger partial charge is 0.416 e. The summed E-state index contributed by atoms with van der Waals surface area (Å²) in [6.45, 7) is -0.0627. The molecule has 0 heterocycles. The molecule has 0 bridgehead atoms. The lowest BCUT2D eigenvalue weighted by Gasteiger charge is -2.13. The van der Waals surface area contributed by atoms with Crippen molar-refractivity contribution >= 4 is 11.6 Å². The second kappa shape index (κ2) is 4.28. The van der Waals surface area contributed by atoms with Crippen molar-refractivity contribution in [3.8, 4) is 5.75 Å². The minimum Gasteiger partial charge on any atom is -0.495 e. The number of hydrogen-bond acceptors (Lipinski definition) is 2. The zero-order chi connectivity index (χ0) is 11.6. The van der Waals surface area contributed by atoms with E-state index in [1.54, 1.807) is 0 Å². The highest BCUT2D eigenvalue weighted by atomic mass is 35.5. The van der Waals surface area contributed by atoms with Crippen molar-refractivity contribution in [1.29, 1.82) is 0 Å². The molecule has 0 unspecified atom stereocenters. The van der Waals surface area contributed by atoms with E-state index >= 15 is 0 Å². The predicted octanol–water partition coefficient (Wildman–Crippen LogP) is 2.83. The fourth-order valence-electron chi connectivity index (χ4n) is 1.19. The van der Waals surface area contributed by atoms with Crippen molar-refractivity contribution in [1.82, 2.24) is 0 Å². The normalized spacial score (nSPS) is 11.6. The molecule has 1 aromatic rings. The molecule has 2 nitrogen and oxygen atoms in total. The summed E-state index contributed by atoms with van der Waals surface area (Å²) >= 11 is 5.64. The van der Waals surface area contributed by atoms with Crippen LogP contribution in [-0.2, 0) is 12.7 Å². The maximum atomic E-state index is 12.4. The van der Waals surface area contributed by atoms with Gasteiger partial charge in [0, 0.05) is 12.1 Å². The summed E-state index contributed by atoms with van der Waals surface area (Å²) in [5, 5.41) is -0.0900. The second-order valence-electron chi connectivity index (χ2n) is 2.85. The summed E-state index contributed by atoms with van der Waals surface area (Å²) in [5.74, 6) is 0.187. The van der Waals surface area contributed by atoms with Crippen molar-refractivity contribution in [2.75, 3.05) is 7.11 Å². The van der Waals surface area contributed by atoms with Crippen molar-refractivity contribution in [3.63, 3.8) is 0 Å². The van der Waals surface area contributed by atoms with E-state index in [1.165, 1.54) is 7.11 Å². The van der Waals surface area contributed by atoms with Crippen LogP contribution in [-0.4, -0.2) is 7.11 Å². The SMILES string of the molecule is COc1c(Cl)cc(C(F)(F)F)cc1CN. The molecule has 0 aliphatic carbocycles. The van der Waals surface area contributed by atoms with E-state index in [1.807, 2.05) is 0 Å². The Bertz CT molecular complexity index is 365. The predicted molar refractivity (Wildman–Crippen MR) is 50.9 cm³/mol. The fourth-order valence-corrected chi connectivity index (χ4v) is 1.51. The van der Waals surface area contributed by atoms with Gasteiger partial charge >= 0.3 is 6.18 Å². The maximum Gasteiger partial charge on any atom is 0.416 e. The van der Waals surface area contributed by atoms with Gasteiger partial charge in [-0.05, 0) is 12.1 Å². The van der Waals surface area contributed by atoms with Gasteiger partial charge in [-0.2, -0.15) is 13.2 Å². The van der Waals surface area contributed by atoms with Crippen molar-refractivity contribution in [2.45, 2.75) is 12.7 Å². The lowest BCUT2D eigenvalue weighted by molar-refractivity contribution is -0.137. The average Bonchev–Trinajstić information content (AvgIpc) is 2.15. The van der Waals surface area contributed by atoms with Crippen LogP contribution >= 0.6 is 11.6 Å². The molecule has 1 aromatic carbocycles. The summed E-state index contributed by atoms with van der Waals surface area (Å²) < 4.78 is 42.0. The van der Waals surface area contributed by atoms with Gasteiger partial charge in [-0.25, -0.2) is 0 Å². The molecular weight excluding hydrogens is 231 g/mol. The molecule has 2 N–H and O–H groups in total. The van der Waals surface area contributed by atoms with E-state index in [9.17, 15) is 13.2 Å². The Kier molecular flexibility index (Phi) is 3.46. The Morgan fingerprint density at radius 2 is 2.00 bits per heavy atom. The highest BCUT2D eigenvalue weighted by Crippen LogP contribution is 2.37. The van der Waals surface area contributed by atoms with Gasteiger partial charge in [-0.1, -0.05) is 11.6 Å². The molecule has 15 heavy (non-hydrogen) atoms. The van der Waals surface area contributed by atoms with Gasteiger partial charge in [0.05, 0.1) is 17.7 Å². The Balaban J connectivity index is 3.32. The van der Waals surface area contributed by atoms with Crippen LogP contribution in [0, 0.1) is 0 Å². The second-order valence-corrected chi connectivity index (χ2v) is 3.26. The summed E-state index contributed by atoms with van der Waals surface area (Å²) in [6.07, 6.45) is -4.43. The van der Waals surface area contributed by atoms with Gasteiger partial charge in [0.2, 0.25) is 0 Å². The highest BCUT2D eigenvalue weighted by Gasteiger charge is 2.32. The van der Waals surface area contributed by atoms with Gasteiger partial charge in [-0.15, -0.1) is 0 Å². The molecule has 0 aliphatic rings. The monoisotopic (exact) mass is 239 g/mol. The third kappa shape index (κ3) is 2.54. The molecule has 0 saturated heterocycles. The minimum atomic E-state index is -4.43. The Morgan fingerprint density at radius 3 is 2.40 bits per heavy atom. The molecule has 0 fully saturated rings. The minimum absolute atomic E-state index is 0.0627. The van der Waals surface area contributed by atoms with E-state index in [2.05, 4.69) is 0 Å². The van der Waals surface area contributed by atoms with Gasteiger partial charge < -0.3 is 10.5 Å². The number of benzene rings is 1. The highest BCUT2D eigenvalue weighted by molar-refractivity contribution is 6.32. The van der Waals surface area contributed by atoms with Crippen LogP contribution in [0.1, 0.15) is 11.1 Å². The van der Waals surface area contributed by atoms with Crippen LogP contribution in [0.15, 0.2) is 12.1 Å². The molecule has 0 amide bonds. The van der Waals surface area contributed by atoms with E-state index in [0.29, 0.717) is 0 Å². The lowest BCUT2D eigenvalue weighted by Crippen LogP contribution is -2.08. The molecule has 0 spiro atoms. The number of ether oxygens (including phenoxy) is 1. The standard InChI is InChI=1S/C9H9ClF3NO/c1-15-8-5(4-14)2-6(3-7(8)10)9(11,12)13/h2-3H,4,14H2,1H3. The maximum absolute atomic E-state index is 12.4. The zero-order valence-electron chi connectivity index (χ0n) is 7.86. The first-order chi connectivity index (χ1) is 6.90. The van der Waals surface area contributed by atoms with Crippen molar-refractivity contribution in [2.24, 2.45) is 5.73 Å². The van der Waals surface area contributed by atoms with Crippen LogP contribution in [0.5, 0.6) is 5.75 Å². The van der Waals surface area contributed by atoms with Crippen LogP contribution in [0.3, 0.4) is 0 Å². The number of nitrogens with two attached hydrogens (primary N) is 1. The molecule has 84 valence electrons. The number of hydrogen-bond donors (Lipinski definition) is 1. The molecule has 0 aliphatic heterocycles. The van der Waals surface area contributed by atoms with Crippen LogP contribution < -0.4 is 10.5 Å². The lowest BCUT2D eigenvalue weighted by atomic mass is 10.1. The zero-order valence-corrected chi connectivity index (χ0v) is 8.62. The van der Waals surface area contributed by atoms with Crippen molar-refractivity contribution < 1.29 is 17.9 Å². The molecule has 0 saturated carbocycles. The molecule has 0 radical (unpaired) electrons. The molecule has 1 rings (SSSR count). The number of halogens is 4. The molecule has 0 aromatic heterocycles. The Labute approximate surface area is 89.8 Å². The first-order valence-corrected chi connectivity index (χ1v) is 4.41. The number of rotatable bonds is 2. The Hall–Kier alpha value is -0.940. The summed E-state index contributed by atoms with van der Waals surface area (Å²) in [5.41, 5.74) is 4.71. The summed E-state index contributed by atoms with van der Waals surface area (Å²) in [7, 11) is 1.33. The van der Waals surface area contributed by atoms with Crippen LogP contribution in [0.25, 0.3) is 0 Å². The summed E-state index contributed by atoms with van der Waals surface area (Å²) in [4.78, 5) is 0. The number of methoxy groups -OCH3 is 1. The van der Waals surface area contributed by atoms with Gasteiger partial charge in [-0.3, -0.25) is 0 Å². The van der Waals surface area contributed by atoms with E-state index in [-0.39, 0.29) is 22.9 Å². The average molecular weight is 240 g/mol. The van der Waals surface area contributed by atoms with E-state index in [0.717, 1.165) is 12.1 Å².